The smallest absolute Gasteiger partial charge is 0.145 e. The van der Waals surface area contributed by atoms with Gasteiger partial charge in [-0.25, -0.2) is 19.9 Å². The zero-order chi connectivity index (χ0) is 98.7. The topological polar surface area (TPSA) is 185 Å². The Morgan fingerprint density at radius 2 is 0.419 bits per heavy atom. The van der Waals surface area contributed by atoms with Crippen molar-refractivity contribution >= 4 is 86.5 Å². The highest BCUT2D eigenvalue weighted by Gasteiger charge is 2.23. The fraction of sp³-hybridized carbons (Fsp3) is 0. The largest absolute Gasteiger partial charge is 0.292 e. The number of para-hydroxylation sites is 6. The van der Waals surface area contributed by atoms with Crippen LogP contribution in [0.2, 0.25) is 0 Å². The van der Waals surface area contributed by atoms with Gasteiger partial charge < -0.3 is 0 Å². The Kier molecular flexibility index (Phi) is 26.0. The molecule has 148 heavy (non-hydrogen) atoms. The maximum Gasteiger partial charge on any atom is 0.145 e. The van der Waals surface area contributed by atoms with E-state index in [4.69, 9.17) is 19.9 Å². The molecular weight excluding hydrogens is 1870 g/mol. The number of fused-ring (bicyclic) bond motifs is 5. The third-order valence-electron chi connectivity index (χ3n) is 25.8. The van der Waals surface area contributed by atoms with Crippen molar-refractivity contribution in [1.29, 1.82) is 0 Å². The number of rotatable bonds is 18. The third kappa shape index (κ3) is 20.1. The van der Waals surface area contributed by atoms with E-state index in [2.05, 4.69) is 364 Å². The molecule has 27 rings (SSSR count). The first-order valence-electron chi connectivity index (χ1n) is 48.4. The lowest BCUT2D eigenvalue weighted by Crippen LogP contribution is -1.98. The molecule has 0 saturated carbocycles. The predicted octanol–water partition coefficient (Wildman–Crippen LogP) is 33.4. The highest BCUT2D eigenvalue weighted by molar-refractivity contribution is 7.22. The minimum Gasteiger partial charge on any atom is -0.292 e. The van der Waals surface area contributed by atoms with Crippen LogP contribution < -0.4 is 0 Å². The zero-order valence-corrected chi connectivity index (χ0v) is 82.0. The summed E-state index contributed by atoms with van der Waals surface area (Å²) in [4.78, 5) is 63.8. The fourth-order valence-electron chi connectivity index (χ4n) is 18.7. The molecule has 0 N–H and O–H groups in total. The Balaban J connectivity index is 0.000000108. The standard InChI is InChI=1S/C44H29N5.C34H22N4S.C29H19N3S.C23H15N3S/c1-2-13-39(14-3-1)49-43-17-7-6-16-42(43)48-44(49)38-24-36(23-37(25-38)41-29-47-28-32-10-4-5-15-40(32)41)35-21-33(30-11-8-18-45-26-30)20-34(22-35)31-12-9-19-46-27-31;1-2-10-33-32(9-1)38-34(39-33)31-18-28(25-8-5-13-37-22-25)17-30(19-31)29-15-26(23-6-3-11-35-20-23)14-27(16-29)24-7-4-12-36-21-24;1-2-11-28-27(10-1)32-29(33-28)26-16-24(15-25(17-26)23-9-5-13-31-19-23)21-7-3-6-20(14-21)22-8-4-12-30-18-22;1-2-8-22-21(7-1)26-23(27-22)20-12-18(16-5-3-9-24-14-16)11-19(13-20)17-6-4-10-25-15-17/h1-29H;1-22H;1-19H;1-15H. The van der Waals surface area contributed by atoms with Crippen LogP contribution in [0.25, 0.3) is 246 Å². The molecule has 0 aliphatic carbocycles. The first-order valence-corrected chi connectivity index (χ1v) is 50.8. The molecule has 0 amide bonds. The quantitative estimate of drug-likeness (QED) is 0.0790. The summed E-state index contributed by atoms with van der Waals surface area (Å²) in [6.07, 6.45) is 37.3. The van der Waals surface area contributed by atoms with E-state index < -0.39 is 0 Å². The van der Waals surface area contributed by atoms with Crippen LogP contribution in [0, 0.1) is 0 Å². The molecule has 0 unspecified atom stereocenters. The van der Waals surface area contributed by atoms with Crippen molar-refractivity contribution in [2.24, 2.45) is 0 Å². The molecule has 14 aromatic heterocycles. The van der Waals surface area contributed by atoms with Crippen LogP contribution in [0.3, 0.4) is 0 Å². The van der Waals surface area contributed by atoms with Crippen molar-refractivity contribution in [1.82, 2.24) is 74.3 Å². The van der Waals surface area contributed by atoms with Gasteiger partial charge in [0.2, 0.25) is 0 Å². The summed E-state index contributed by atoms with van der Waals surface area (Å²) in [6, 6.07) is 137. The van der Waals surface area contributed by atoms with Gasteiger partial charge in [0, 0.05) is 213 Å². The second kappa shape index (κ2) is 42.1. The molecule has 14 heterocycles. The second-order valence-electron chi connectivity index (χ2n) is 35.5. The van der Waals surface area contributed by atoms with E-state index in [-0.39, 0.29) is 0 Å². The molecule has 27 aromatic rings. The number of pyridine rings is 10. The normalized spacial score (nSPS) is 11.1. The molecule has 0 bridgehead atoms. The van der Waals surface area contributed by atoms with Gasteiger partial charge in [-0.2, -0.15) is 0 Å². The number of thiazole rings is 3. The van der Waals surface area contributed by atoms with E-state index in [1.807, 2.05) is 165 Å². The summed E-state index contributed by atoms with van der Waals surface area (Å²) in [5.41, 5.74) is 39.0. The van der Waals surface area contributed by atoms with E-state index in [0.29, 0.717) is 0 Å². The lowest BCUT2D eigenvalue weighted by atomic mass is 9.91. The number of hydrogen-bond donors (Lipinski definition) is 0. The predicted molar refractivity (Wildman–Crippen MR) is 608 cm³/mol. The molecule has 698 valence electrons. The van der Waals surface area contributed by atoms with E-state index in [0.717, 1.165) is 232 Å². The fourth-order valence-corrected chi connectivity index (χ4v) is 21.5. The van der Waals surface area contributed by atoms with Gasteiger partial charge in [0.05, 0.1) is 41.7 Å². The van der Waals surface area contributed by atoms with Gasteiger partial charge in [0.25, 0.3) is 0 Å². The summed E-state index contributed by atoms with van der Waals surface area (Å²) in [7, 11) is 0. The molecule has 0 radical (unpaired) electrons. The van der Waals surface area contributed by atoms with Crippen LogP contribution in [0.15, 0.2) is 518 Å². The number of aromatic nitrogens is 15. The van der Waals surface area contributed by atoms with Gasteiger partial charge in [0.1, 0.15) is 20.8 Å². The molecule has 0 spiro atoms. The highest BCUT2D eigenvalue weighted by Crippen LogP contribution is 2.46. The zero-order valence-electron chi connectivity index (χ0n) is 79.5. The Morgan fingerprint density at radius 3 is 0.764 bits per heavy atom. The monoisotopic (exact) mass is 1950 g/mol. The SMILES string of the molecule is c1ccc(-n2c(-c3cc(-c4cc(-c5cccnc5)cc(-c5cccnc5)c4)cc(-c4cncc5ccccc45)c3)nc3ccccc32)cc1.c1cncc(-c2cc(-c3cccnc3)cc(-c3cc(-c4cccnc4)cc(-c4nc5ccccc5s4)c3)c2)c1.c1cncc(-c2cc(-c3cccnc3)cc(-c3nc4ccccc4s3)c2)c1.c1cncc(-c2cccc(-c3cc(-c4cccnc4)cc(-c4nc5ccccc5s4)c3)c2)c1. The average Bonchev–Trinajstić information content (AvgIpc) is 1.57. The molecule has 15 nitrogen and oxygen atoms in total. The number of imidazole rings is 1. The maximum absolute atomic E-state index is 5.25. The first-order chi connectivity index (χ1) is 73.3. The molecule has 0 atom stereocenters. The Labute approximate surface area is 865 Å². The number of hydrogen-bond acceptors (Lipinski definition) is 17. The average molecular weight is 1950 g/mol. The van der Waals surface area contributed by atoms with Gasteiger partial charge >= 0.3 is 0 Å². The molecule has 18 heteroatoms. The Morgan fingerprint density at radius 1 is 0.162 bits per heavy atom. The third-order valence-corrected chi connectivity index (χ3v) is 29.1. The summed E-state index contributed by atoms with van der Waals surface area (Å²) in [5, 5.41) is 5.29. The number of nitrogens with zero attached hydrogens (tertiary/aromatic N) is 15. The van der Waals surface area contributed by atoms with Crippen molar-refractivity contribution in [3.8, 4) is 193 Å². The van der Waals surface area contributed by atoms with Crippen molar-refractivity contribution in [2.45, 2.75) is 0 Å². The minimum atomic E-state index is 0.875. The van der Waals surface area contributed by atoms with Crippen molar-refractivity contribution in [3.63, 3.8) is 0 Å². The van der Waals surface area contributed by atoms with Crippen LogP contribution >= 0.6 is 34.0 Å². The van der Waals surface area contributed by atoms with E-state index in [1.54, 1.807) is 77.4 Å². The lowest BCUT2D eigenvalue weighted by Gasteiger charge is -2.16. The molecular formula is C130H85N15S3. The Bertz CT molecular complexity index is 9120. The molecule has 0 aliphatic heterocycles. The van der Waals surface area contributed by atoms with E-state index >= 15 is 0 Å². The maximum atomic E-state index is 5.25. The molecule has 0 saturated heterocycles. The van der Waals surface area contributed by atoms with Gasteiger partial charge in [0.15, 0.2) is 0 Å². The first kappa shape index (κ1) is 91.3. The van der Waals surface area contributed by atoms with Crippen molar-refractivity contribution in [3.05, 3.63) is 518 Å². The van der Waals surface area contributed by atoms with Crippen LogP contribution in [-0.2, 0) is 0 Å². The summed E-state index contributed by atoms with van der Waals surface area (Å²) in [5.74, 6) is 0.875. The minimum absolute atomic E-state index is 0.875. The lowest BCUT2D eigenvalue weighted by molar-refractivity contribution is 1.10. The molecule has 0 fully saturated rings. The number of benzene rings is 13. The van der Waals surface area contributed by atoms with Gasteiger partial charge in [-0.3, -0.25) is 54.4 Å². The van der Waals surface area contributed by atoms with E-state index in [9.17, 15) is 0 Å². The van der Waals surface area contributed by atoms with Crippen LogP contribution in [0.1, 0.15) is 0 Å². The van der Waals surface area contributed by atoms with Gasteiger partial charge in [-0.15, -0.1) is 34.0 Å². The van der Waals surface area contributed by atoms with Crippen LogP contribution in [0.5, 0.6) is 0 Å². The van der Waals surface area contributed by atoms with Crippen molar-refractivity contribution < 1.29 is 0 Å². The van der Waals surface area contributed by atoms with Crippen LogP contribution in [-0.4, -0.2) is 74.3 Å². The molecule has 13 aromatic carbocycles. The highest BCUT2D eigenvalue weighted by atomic mass is 32.1. The summed E-state index contributed by atoms with van der Waals surface area (Å²) >= 11 is 5.15. The summed E-state index contributed by atoms with van der Waals surface area (Å²) < 4.78 is 5.83. The second-order valence-corrected chi connectivity index (χ2v) is 38.6. The van der Waals surface area contributed by atoms with E-state index in [1.165, 1.54) is 14.1 Å². The van der Waals surface area contributed by atoms with Crippen molar-refractivity contribution in [2.75, 3.05) is 0 Å². The van der Waals surface area contributed by atoms with Gasteiger partial charge in [-0.05, 0) is 325 Å². The van der Waals surface area contributed by atoms with Crippen LogP contribution in [0.4, 0.5) is 0 Å². The van der Waals surface area contributed by atoms with Gasteiger partial charge in [-0.1, -0.05) is 164 Å². The molecule has 0 aliphatic rings. The Hall–Kier alpha value is -19.2. The summed E-state index contributed by atoms with van der Waals surface area (Å²) in [6.45, 7) is 0.